The first-order chi connectivity index (χ1) is 13.4. The van der Waals surface area contributed by atoms with Gasteiger partial charge >= 0.3 is 5.97 Å². The molecule has 0 bridgehead atoms. The molecule has 1 amide bonds. The Bertz CT molecular complexity index is 1010. The maximum absolute atomic E-state index is 13.1. The molecule has 0 fully saturated rings. The van der Waals surface area contributed by atoms with Crippen LogP contribution in [-0.2, 0) is 4.74 Å². The Hall–Kier alpha value is -3.41. The van der Waals surface area contributed by atoms with E-state index in [0.717, 1.165) is 0 Å². The molecule has 3 aromatic rings. The lowest BCUT2D eigenvalue weighted by molar-refractivity contribution is 0.0526. The third-order valence-electron chi connectivity index (χ3n) is 4.33. The number of hydrogen-bond acceptors (Lipinski definition) is 4. The molecule has 1 aromatic heterocycles. The van der Waals surface area contributed by atoms with Gasteiger partial charge in [0.05, 0.1) is 17.7 Å². The number of carbonyl (C=O) groups is 2. The third-order valence-corrected chi connectivity index (χ3v) is 4.33. The number of amides is 1. The molecule has 1 heterocycles. The monoisotopic (exact) mass is 381 g/mol. The van der Waals surface area contributed by atoms with Crippen LogP contribution in [0.1, 0.15) is 33.4 Å². The highest BCUT2D eigenvalue weighted by Crippen LogP contribution is 2.27. The van der Waals surface area contributed by atoms with Crippen LogP contribution in [0.4, 0.5) is 10.1 Å². The molecule has 0 radical (unpaired) electrons. The Morgan fingerprint density at radius 2 is 1.82 bits per heavy atom. The van der Waals surface area contributed by atoms with Crippen molar-refractivity contribution in [1.82, 2.24) is 0 Å². The lowest BCUT2D eigenvalue weighted by Crippen LogP contribution is -2.26. The Balaban J connectivity index is 1.87. The molecule has 0 unspecified atom stereocenters. The molecule has 5 nitrogen and oxygen atoms in total. The highest BCUT2D eigenvalue weighted by atomic mass is 19.1. The van der Waals surface area contributed by atoms with Crippen LogP contribution in [0.5, 0.6) is 0 Å². The average molecular weight is 381 g/mol. The standard InChI is InChI=1S/C22H20FNO4/c1-4-27-22(26)16-6-5-7-18(12-16)24(3)21(25)19-13-20(28-14(19)2)15-8-10-17(23)11-9-15/h5-13H,4H2,1-3H3. The number of aryl methyl sites for hydroxylation is 1. The average Bonchev–Trinajstić information content (AvgIpc) is 3.09. The van der Waals surface area contributed by atoms with Crippen molar-refractivity contribution in [2.75, 3.05) is 18.6 Å². The molecule has 0 aliphatic heterocycles. The fourth-order valence-corrected chi connectivity index (χ4v) is 2.80. The van der Waals surface area contributed by atoms with Crippen molar-refractivity contribution in [3.05, 3.63) is 77.3 Å². The molecule has 0 saturated heterocycles. The number of benzene rings is 2. The number of anilines is 1. The van der Waals surface area contributed by atoms with Crippen LogP contribution >= 0.6 is 0 Å². The van der Waals surface area contributed by atoms with Crippen LogP contribution in [0.3, 0.4) is 0 Å². The van der Waals surface area contributed by atoms with Gasteiger partial charge in [0.2, 0.25) is 0 Å². The number of esters is 1. The number of hydrogen-bond donors (Lipinski definition) is 0. The molecule has 144 valence electrons. The molecule has 2 aromatic carbocycles. The number of nitrogens with zero attached hydrogens (tertiary/aromatic N) is 1. The van der Waals surface area contributed by atoms with E-state index in [1.807, 2.05) is 0 Å². The SMILES string of the molecule is CCOC(=O)c1cccc(N(C)C(=O)c2cc(-c3ccc(F)cc3)oc2C)c1. The second-order valence-corrected chi connectivity index (χ2v) is 6.22. The van der Waals surface area contributed by atoms with E-state index in [-0.39, 0.29) is 18.3 Å². The number of halogens is 1. The highest BCUT2D eigenvalue weighted by Gasteiger charge is 2.21. The molecule has 0 saturated carbocycles. The summed E-state index contributed by atoms with van der Waals surface area (Å²) in [6, 6.07) is 14.2. The Kier molecular flexibility index (Phi) is 5.59. The first kappa shape index (κ1) is 19.4. The molecule has 28 heavy (non-hydrogen) atoms. The van der Waals surface area contributed by atoms with Gasteiger partial charge in [-0.05, 0) is 62.4 Å². The Labute approximate surface area is 162 Å². The fourth-order valence-electron chi connectivity index (χ4n) is 2.80. The topological polar surface area (TPSA) is 59.8 Å². The third kappa shape index (κ3) is 3.96. The number of carbonyl (C=O) groups excluding carboxylic acids is 2. The number of rotatable bonds is 5. The van der Waals surface area contributed by atoms with E-state index in [1.165, 1.54) is 17.0 Å². The second kappa shape index (κ2) is 8.08. The van der Waals surface area contributed by atoms with Gasteiger partial charge in [-0.15, -0.1) is 0 Å². The number of furan rings is 1. The van der Waals surface area contributed by atoms with Gasteiger partial charge in [0.25, 0.3) is 5.91 Å². The molecular weight excluding hydrogens is 361 g/mol. The lowest BCUT2D eigenvalue weighted by Gasteiger charge is -2.17. The molecule has 0 aliphatic rings. The molecule has 0 aliphatic carbocycles. The van der Waals surface area contributed by atoms with E-state index in [0.29, 0.717) is 33.9 Å². The summed E-state index contributed by atoms with van der Waals surface area (Å²) >= 11 is 0. The minimum absolute atomic E-state index is 0.276. The van der Waals surface area contributed by atoms with E-state index >= 15 is 0 Å². The van der Waals surface area contributed by atoms with Gasteiger partial charge in [0.15, 0.2) is 0 Å². The zero-order valence-electron chi connectivity index (χ0n) is 15.9. The summed E-state index contributed by atoms with van der Waals surface area (Å²) < 4.78 is 23.8. The maximum atomic E-state index is 13.1. The summed E-state index contributed by atoms with van der Waals surface area (Å²) in [6.07, 6.45) is 0. The molecule has 0 spiro atoms. The summed E-state index contributed by atoms with van der Waals surface area (Å²) in [7, 11) is 1.62. The Morgan fingerprint density at radius 3 is 2.50 bits per heavy atom. The fraction of sp³-hybridized carbons (Fsp3) is 0.182. The van der Waals surface area contributed by atoms with Crippen LogP contribution < -0.4 is 4.90 Å². The van der Waals surface area contributed by atoms with E-state index in [2.05, 4.69) is 0 Å². The smallest absolute Gasteiger partial charge is 0.338 e. The summed E-state index contributed by atoms with van der Waals surface area (Å²) in [5.41, 5.74) is 1.99. The zero-order chi connectivity index (χ0) is 20.3. The quantitative estimate of drug-likeness (QED) is 0.593. The minimum atomic E-state index is -0.441. The molecule has 0 N–H and O–H groups in total. The van der Waals surface area contributed by atoms with Gasteiger partial charge < -0.3 is 14.1 Å². The van der Waals surface area contributed by atoms with Gasteiger partial charge in [-0.2, -0.15) is 0 Å². The molecule has 0 atom stereocenters. The first-order valence-corrected chi connectivity index (χ1v) is 8.82. The second-order valence-electron chi connectivity index (χ2n) is 6.22. The van der Waals surface area contributed by atoms with E-state index in [9.17, 15) is 14.0 Å². The largest absolute Gasteiger partial charge is 0.462 e. The molecule has 6 heteroatoms. The zero-order valence-corrected chi connectivity index (χ0v) is 15.9. The summed E-state index contributed by atoms with van der Waals surface area (Å²) in [5, 5.41) is 0. The van der Waals surface area contributed by atoms with E-state index in [1.54, 1.807) is 63.4 Å². The molecule has 3 rings (SSSR count). The minimum Gasteiger partial charge on any atom is -0.462 e. The van der Waals surface area contributed by atoms with Gasteiger partial charge in [-0.1, -0.05) is 6.07 Å². The van der Waals surface area contributed by atoms with Crippen LogP contribution in [0, 0.1) is 12.7 Å². The van der Waals surface area contributed by atoms with Gasteiger partial charge in [-0.25, -0.2) is 9.18 Å². The van der Waals surface area contributed by atoms with Crippen LogP contribution in [-0.4, -0.2) is 25.5 Å². The van der Waals surface area contributed by atoms with Crippen molar-refractivity contribution in [3.8, 4) is 11.3 Å². The van der Waals surface area contributed by atoms with Crippen molar-refractivity contribution < 1.29 is 23.1 Å². The van der Waals surface area contributed by atoms with E-state index < -0.39 is 5.97 Å². The van der Waals surface area contributed by atoms with Gasteiger partial charge in [0.1, 0.15) is 17.3 Å². The predicted octanol–water partition coefficient (Wildman–Crippen LogP) is 4.85. The lowest BCUT2D eigenvalue weighted by atomic mass is 10.1. The van der Waals surface area contributed by atoms with Crippen LogP contribution in [0.2, 0.25) is 0 Å². The Morgan fingerprint density at radius 1 is 1.11 bits per heavy atom. The summed E-state index contributed by atoms with van der Waals surface area (Å²) in [6.45, 7) is 3.71. The van der Waals surface area contributed by atoms with E-state index in [4.69, 9.17) is 9.15 Å². The van der Waals surface area contributed by atoms with Crippen molar-refractivity contribution in [1.29, 1.82) is 0 Å². The summed E-state index contributed by atoms with van der Waals surface area (Å²) in [5.74, 6) is -0.129. The van der Waals surface area contributed by atoms with Crippen molar-refractivity contribution in [2.24, 2.45) is 0 Å². The van der Waals surface area contributed by atoms with Crippen molar-refractivity contribution in [3.63, 3.8) is 0 Å². The number of ether oxygens (including phenoxy) is 1. The molecular formula is C22H20FNO4. The van der Waals surface area contributed by atoms with Crippen molar-refractivity contribution in [2.45, 2.75) is 13.8 Å². The maximum Gasteiger partial charge on any atom is 0.338 e. The van der Waals surface area contributed by atoms with Gasteiger partial charge in [0, 0.05) is 18.3 Å². The summed E-state index contributed by atoms with van der Waals surface area (Å²) in [4.78, 5) is 26.3. The van der Waals surface area contributed by atoms with Gasteiger partial charge in [-0.3, -0.25) is 4.79 Å². The van der Waals surface area contributed by atoms with Crippen LogP contribution in [0.15, 0.2) is 59.0 Å². The van der Waals surface area contributed by atoms with Crippen molar-refractivity contribution >= 4 is 17.6 Å². The normalized spacial score (nSPS) is 10.6. The highest BCUT2D eigenvalue weighted by molar-refractivity contribution is 6.07. The predicted molar refractivity (Wildman–Crippen MR) is 104 cm³/mol. The van der Waals surface area contributed by atoms with Crippen LogP contribution in [0.25, 0.3) is 11.3 Å². The first-order valence-electron chi connectivity index (χ1n) is 8.82.